The van der Waals surface area contributed by atoms with E-state index in [1.54, 1.807) is 0 Å². The lowest BCUT2D eigenvalue weighted by molar-refractivity contribution is 0.286. The zero-order chi connectivity index (χ0) is 12.3. The van der Waals surface area contributed by atoms with Crippen molar-refractivity contribution in [3.63, 3.8) is 0 Å². The summed E-state index contributed by atoms with van der Waals surface area (Å²) in [5, 5.41) is 12.3. The Balaban J connectivity index is 2.10. The maximum atomic E-state index is 13.4. The molecule has 0 radical (unpaired) electrons. The second kappa shape index (κ2) is 5.08. The standard InChI is InChI=1S/C10H5ClFN3OS/c11-10-8(14-15-17-10)5-16-9-2-1-6(4-13)3-7(9)12/h1-3H,5H2. The largest absolute Gasteiger partial charge is 0.484 e. The van der Waals surface area contributed by atoms with Gasteiger partial charge in [0, 0.05) is 11.5 Å². The maximum Gasteiger partial charge on any atom is 0.166 e. The van der Waals surface area contributed by atoms with Crippen LogP contribution in [0.2, 0.25) is 4.34 Å². The van der Waals surface area contributed by atoms with Crippen molar-refractivity contribution in [3.05, 3.63) is 39.6 Å². The minimum absolute atomic E-state index is 0.0398. The molecule has 0 unspecified atom stereocenters. The molecule has 2 rings (SSSR count). The molecule has 7 heteroatoms. The Morgan fingerprint density at radius 2 is 2.35 bits per heavy atom. The highest BCUT2D eigenvalue weighted by Crippen LogP contribution is 2.22. The van der Waals surface area contributed by atoms with Crippen molar-refractivity contribution in [1.82, 2.24) is 9.59 Å². The van der Waals surface area contributed by atoms with Crippen molar-refractivity contribution in [2.45, 2.75) is 6.61 Å². The molecule has 0 amide bonds. The first-order chi connectivity index (χ1) is 8.20. The van der Waals surface area contributed by atoms with Crippen LogP contribution in [0.25, 0.3) is 0 Å². The Bertz CT molecular complexity index is 581. The molecule has 1 aromatic heterocycles. The van der Waals surface area contributed by atoms with E-state index in [-0.39, 0.29) is 17.9 Å². The number of aromatic nitrogens is 2. The van der Waals surface area contributed by atoms with Gasteiger partial charge in [0.25, 0.3) is 0 Å². The normalized spacial score (nSPS) is 9.94. The van der Waals surface area contributed by atoms with Gasteiger partial charge in [0.05, 0.1) is 11.6 Å². The summed E-state index contributed by atoms with van der Waals surface area (Å²) in [7, 11) is 0. The van der Waals surface area contributed by atoms with E-state index in [2.05, 4.69) is 9.59 Å². The van der Waals surface area contributed by atoms with Gasteiger partial charge >= 0.3 is 0 Å². The average Bonchev–Trinajstić information content (AvgIpc) is 2.73. The molecule has 0 N–H and O–H groups in total. The Labute approximate surface area is 105 Å². The van der Waals surface area contributed by atoms with Gasteiger partial charge in [0.2, 0.25) is 0 Å². The van der Waals surface area contributed by atoms with E-state index in [9.17, 15) is 4.39 Å². The van der Waals surface area contributed by atoms with Gasteiger partial charge in [0.1, 0.15) is 16.6 Å². The van der Waals surface area contributed by atoms with E-state index < -0.39 is 5.82 Å². The molecule has 0 aliphatic heterocycles. The molecule has 1 aromatic carbocycles. The third-order valence-electron chi connectivity index (χ3n) is 1.93. The molecule has 0 fully saturated rings. The van der Waals surface area contributed by atoms with Gasteiger partial charge < -0.3 is 4.74 Å². The summed E-state index contributed by atoms with van der Waals surface area (Å²) in [5.41, 5.74) is 0.698. The van der Waals surface area contributed by atoms with E-state index in [0.717, 1.165) is 17.6 Å². The predicted octanol–water partition coefficient (Wildman–Crippen LogP) is 2.78. The smallest absolute Gasteiger partial charge is 0.166 e. The number of rotatable bonds is 3. The SMILES string of the molecule is N#Cc1ccc(OCc2nnsc2Cl)c(F)c1. The van der Waals surface area contributed by atoms with E-state index in [4.69, 9.17) is 21.6 Å². The van der Waals surface area contributed by atoms with Crippen molar-refractivity contribution in [3.8, 4) is 11.8 Å². The number of halogens is 2. The topological polar surface area (TPSA) is 58.8 Å². The zero-order valence-corrected chi connectivity index (χ0v) is 9.93. The molecule has 17 heavy (non-hydrogen) atoms. The average molecular weight is 270 g/mol. The zero-order valence-electron chi connectivity index (χ0n) is 8.35. The van der Waals surface area contributed by atoms with Crippen LogP contribution in [0.4, 0.5) is 4.39 Å². The molecule has 0 saturated heterocycles. The van der Waals surface area contributed by atoms with Gasteiger partial charge in [-0.25, -0.2) is 4.39 Å². The molecule has 0 aliphatic rings. The van der Waals surface area contributed by atoms with Gasteiger partial charge in [-0.2, -0.15) is 5.26 Å². The fraction of sp³-hybridized carbons (Fsp3) is 0.100. The first-order valence-corrected chi connectivity index (χ1v) is 5.65. The van der Waals surface area contributed by atoms with Crippen LogP contribution in [0.3, 0.4) is 0 Å². The van der Waals surface area contributed by atoms with Crippen molar-refractivity contribution >= 4 is 23.1 Å². The highest BCUT2D eigenvalue weighted by atomic mass is 35.5. The molecule has 2 aromatic rings. The van der Waals surface area contributed by atoms with Crippen LogP contribution in [-0.4, -0.2) is 9.59 Å². The van der Waals surface area contributed by atoms with Gasteiger partial charge in [-0.1, -0.05) is 16.1 Å². The summed E-state index contributed by atoms with van der Waals surface area (Å²) in [6, 6.07) is 5.81. The Hall–Kier alpha value is -1.71. The van der Waals surface area contributed by atoms with E-state index in [0.29, 0.717) is 10.0 Å². The van der Waals surface area contributed by atoms with Crippen molar-refractivity contribution in [1.29, 1.82) is 5.26 Å². The summed E-state index contributed by atoms with van der Waals surface area (Å²) < 4.78 is 22.7. The van der Waals surface area contributed by atoms with Crippen LogP contribution in [0, 0.1) is 17.1 Å². The van der Waals surface area contributed by atoms with Gasteiger partial charge in [0.15, 0.2) is 11.6 Å². The molecule has 0 bridgehead atoms. The quantitative estimate of drug-likeness (QED) is 0.860. The summed E-state index contributed by atoms with van der Waals surface area (Å²) in [6.45, 7) is 0.0398. The van der Waals surface area contributed by atoms with Crippen LogP contribution < -0.4 is 4.74 Å². The summed E-state index contributed by atoms with van der Waals surface area (Å²) in [5.74, 6) is -0.545. The minimum Gasteiger partial charge on any atom is -0.484 e. The lowest BCUT2D eigenvalue weighted by atomic mass is 10.2. The van der Waals surface area contributed by atoms with Crippen molar-refractivity contribution in [2.75, 3.05) is 0 Å². The van der Waals surface area contributed by atoms with Crippen LogP contribution in [0.5, 0.6) is 5.75 Å². The number of benzene rings is 1. The first kappa shape index (κ1) is 11.8. The van der Waals surface area contributed by atoms with Gasteiger partial charge in [-0.15, -0.1) is 5.10 Å². The Kier molecular flexibility index (Phi) is 3.52. The molecule has 86 valence electrons. The highest BCUT2D eigenvalue weighted by molar-refractivity contribution is 7.10. The predicted molar refractivity (Wildman–Crippen MR) is 60.4 cm³/mol. The van der Waals surface area contributed by atoms with E-state index >= 15 is 0 Å². The Morgan fingerprint density at radius 1 is 1.53 bits per heavy atom. The molecule has 0 spiro atoms. The fourth-order valence-corrected chi connectivity index (χ4v) is 1.72. The van der Waals surface area contributed by atoms with E-state index in [1.807, 2.05) is 6.07 Å². The molecule has 4 nitrogen and oxygen atoms in total. The number of hydrogen-bond acceptors (Lipinski definition) is 5. The second-order valence-electron chi connectivity index (χ2n) is 3.04. The molecular weight excluding hydrogens is 265 g/mol. The molecule has 0 atom stereocenters. The molecule has 0 saturated carbocycles. The summed E-state index contributed by atoms with van der Waals surface area (Å²) in [6.07, 6.45) is 0. The maximum absolute atomic E-state index is 13.4. The lowest BCUT2D eigenvalue weighted by Crippen LogP contribution is -1.98. The first-order valence-electron chi connectivity index (χ1n) is 4.50. The summed E-state index contributed by atoms with van der Waals surface area (Å²) >= 11 is 6.81. The lowest BCUT2D eigenvalue weighted by Gasteiger charge is -2.05. The van der Waals surface area contributed by atoms with Crippen LogP contribution in [0.1, 0.15) is 11.3 Å². The van der Waals surface area contributed by atoms with Crippen LogP contribution >= 0.6 is 23.1 Å². The molecule has 1 heterocycles. The van der Waals surface area contributed by atoms with E-state index in [1.165, 1.54) is 12.1 Å². The monoisotopic (exact) mass is 269 g/mol. The number of hydrogen-bond donors (Lipinski definition) is 0. The third-order valence-corrected chi connectivity index (χ3v) is 2.92. The molecular formula is C10H5ClFN3OS. The van der Waals surface area contributed by atoms with Crippen molar-refractivity contribution in [2.24, 2.45) is 0 Å². The molecule has 0 aliphatic carbocycles. The number of nitriles is 1. The van der Waals surface area contributed by atoms with Gasteiger partial charge in [-0.3, -0.25) is 0 Å². The van der Waals surface area contributed by atoms with Crippen LogP contribution in [0.15, 0.2) is 18.2 Å². The number of nitrogens with zero attached hydrogens (tertiary/aromatic N) is 3. The van der Waals surface area contributed by atoms with Crippen LogP contribution in [-0.2, 0) is 6.61 Å². The summed E-state index contributed by atoms with van der Waals surface area (Å²) in [4.78, 5) is 0. The number of ether oxygens (including phenoxy) is 1. The highest BCUT2D eigenvalue weighted by Gasteiger charge is 2.09. The van der Waals surface area contributed by atoms with Crippen molar-refractivity contribution < 1.29 is 9.13 Å². The fourth-order valence-electron chi connectivity index (χ4n) is 1.12. The second-order valence-corrected chi connectivity index (χ2v) is 4.40. The van der Waals surface area contributed by atoms with Gasteiger partial charge in [-0.05, 0) is 18.2 Å². The minimum atomic E-state index is -0.594. The third kappa shape index (κ3) is 2.70. The Morgan fingerprint density at radius 3 is 2.94 bits per heavy atom.